The van der Waals surface area contributed by atoms with Crippen molar-refractivity contribution < 1.29 is 18.5 Å². The summed E-state index contributed by atoms with van der Waals surface area (Å²) >= 11 is 10.7. The number of benzene rings is 1. The summed E-state index contributed by atoms with van der Waals surface area (Å²) in [6, 6.07) is 4.47. The second kappa shape index (κ2) is 7.40. The van der Waals surface area contributed by atoms with Crippen LogP contribution in [0.4, 0.5) is 4.39 Å². The third-order valence-electron chi connectivity index (χ3n) is 2.74. The molecule has 0 aliphatic rings. The highest BCUT2D eigenvalue weighted by molar-refractivity contribution is 7.91. The topological polar surface area (TPSA) is 90.2 Å². The first-order valence-electron chi connectivity index (χ1n) is 5.83. The van der Waals surface area contributed by atoms with Gasteiger partial charge < -0.3 is 10.4 Å². The molecule has 0 aromatic heterocycles. The number of aliphatic hydroxyl groups is 1. The predicted molar refractivity (Wildman–Crippen MR) is 79.9 cm³/mol. The fraction of sp³-hybridized carbons (Fsp3) is 0.417. The zero-order valence-corrected chi connectivity index (χ0v) is 13.4. The molecule has 1 rings (SSSR count). The zero-order chi connectivity index (χ0) is 16.2. The standard InChI is InChI=1S/C12H15Cl2FN2O3S/c1-21(16,20)8-4-2-7(3-5-8)10(18)9(6-15)17-12(19)11(13)14/h2-5,9-11,16,18H,6H2,1H3,(H,17,19)/t9-,10-,21?/m1/s1. The van der Waals surface area contributed by atoms with E-state index in [-0.39, 0.29) is 0 Å². The normalized spacial score (nSPS) is 17.0. The molecular formula is C12H15Cl2FN2O3S. The zero-order valence-electron chi connectivity index (χ0n) is 11.1. The van der Waals surface area contributed by atoms with Gasteiger partial charge in [0.25, 0.3) is 5.91 Å². The molecule has 21 heavy (non-hydrogen) atoms. The molecule has 1 aromatic rings. The summed E-state index contributed by atoms with van der Waals surface area (Å²) in [4.78, 5) is 10.3. The molecule has 1 aromatic carbocycles. The van der Waals surface area contributed by atoms with Crippen LogP contribution in [0.3, 0.4) is 0 Å². The number of halogens is 3. The van der Waals surface area contributed by atoms with Gasteiger partial charge in [-0.15, -0.1) is 0 Å². The molecular weight excluding hydrogens is 342 g/mol. The van der Waals surface area contributed by atoms with Crippen LogP contribution in [0, 0.1) is 4.78 Å². The van der Waals surface area contributed by atoms with E-state index in [4.69, 9.17) is 28.0 Å². The summed E-state index contributed by atoms with van der Waals surface area (Å²) in [7, 11) is -2.86. The van der Waals surface area contributed by atoms with Crippen LogP contribution >= 0.6 is 23.2 Å². The van der Waals surface area contributed by atoms with E-state index in [2.05, 4.69) is 5.32 Å². The first-order valence-corrected chi connectivity index (χ1v) is 8.67. The Morgan fingerprint density at radius 3 is 2.33 bits per heavy atom. The number of nitrogens with one attached hydrogen (secondary N) is 2. The van der Waals surface area contributed by atoms with Crippen molar-refractivity contribution in [3.8, 4) is 0 Å². The molecule has 0 spiro atoms. The van der Waals surface area contributed by atoms with Gasteiger partial charge in [0, 0.05) is 11.2 Å². The summed E-state index contributed by atoms with van der Waals surface area (Å²) in [5, 5.41) is 12.2. The molecule has 118 valence electrons. The molecule has 0 saturated heterocycles. The van der Waals surface area contributed by atoms with Crippen LogP contribution in [0.25, 0.3) is 0 Å². The van der Waals surface area contributed by atoms with Gasteiger partial charge in [0.05, 0.1) is 15.8 Å². The quantitative estimate of drug-likeness (QED) is 0.681. The lowest BCUT2D eigenvalue weighted by molar-refractivity contribution is -0.121. The van der Waals surface area contributed by atoms with Crippen LogP contribution in [0.1, 0.15) is 11.7 Å². The van der Waals surface area contributed by atoms with Crippen molar-refractivity contribution in [1.82, 2.24) is 5.32 Å². The fourth-order valence-electron chi connectivity index (χ4n) is 1.60. The number of amides is 1. The predicted octanol–water partition coefficient (Wildman–Crippen LogP) is 2.01. The van der Waals surface area contributed by atoms with E-state index >= 15 is 0 Å². The summed E-state index contributed by atoms with van der Waals surface area (Å²) < 4.78 is 31.9. The number of carbonyl (C=O) groups is 1. The largest absolute Gasteiger partial charge is 0.386 e. The van der Waals surface area contributed by atoms with E-state index in [9.17, 15) is 18.5 Å². The van der Waals surface area contributed by atoms with Crippen LogP contribution in [-0.4, -0.2) is 39.0 Å². The number of hydrogen-bond acceptors (Lipinski definition) is 4. The maximum Gasteiger partial charge on any atom is 0.253 e. The summed E-state index contributed by atoms with van der Waals surface area (Å²) in [6.45, 7) is -1.02. The lowest BCUT2D eigenvalue weighted by Gasteiger charge is -2.22. The molecule has 0 aliphatic heterocycles. The van der Waals surface area contributed by atoms with Crippen LogP contribution in [0.2, 0.25) is 0 Å². The van der Waals surface area contributed by atoms with Crippen LogP contribution < -0.4 is 5.32 Å². The average molecular weight is 357 g/mol. The highest BCUT2D eigenvalue weighted by Crippen LogP contribution is 2.20. The van der Waals surface area contributed by atoms with Crippen molar-refractivity contribution in [1.29, 1.82) is 4.78 Å². The third-order valence-corrected chi connectivity index (χ3v) is 4.31. The molecule has 5 nitrogen and oxygen atoms in total. The maximum absolute atomic E-state index is 12.9. The van der Waals surface area contributed by atoms with Crippen LogP contribution in [-0.2, 0) is 14.5 Å². The minimum absolute atomic E-state index is 0.292. The third kappa shape index (κ3) is 5.10. The number of hydrogen-bond donors (Lipinski definition) is 3. The SMILES string of the molecule is CS(=N)(=O)c1ccc([C@@H](O)[C@@H](CF)NC(=O)C(Cl)Cl)cc1. The van der Waals surface area contributed by atoms with E-state index in [1.54, 1.807) is 0 Å². The van der Waals surface area contributed by atoms with Gasteiger partial charge in [-0.1, -0.05) is 35.3 Å². The van der Waals surface area contributed by atoms with Gasteiger partial charge in [0.1, 0.15) is 12.8 Å². The van der Waals surface area contributed by atoms with E-state index < -0.39 is 39.3 Å². The van der Waals surface area contributed by atoms with Crippen LogP contribution in [0.5, 0.6) is 0 Å². The first-order chi connectivity index (χ1) is 9.66. The lowest BCUT2D eigenvalue weighted by atomic mass is 10.0. The summed E-state index contributed by atoms with van der Waals surface area (Å²) in [6.07, 6.45) is -0.0527. The van der Waals surface area contributed by atoms with Crippen molar-refractivity contribution >= 4 is 38.8 Å². The Morgan fingerprint density at radius 1 is 1.43 bits per heavy atom. The first kappa shape index (κ1) is 18.2. The molecule has 1 unspecified atom stereocenters. The van der Waals surface area contributed by atoms with Gasteiger partial charge in [-0.3, -0.25) is 4.79 Å². The average Bonchev–Trinajstić information content (AvgIpc) is 2.42. The molecule has 0 fully saturated rings. The van der Waals surface area contributed by atoms with Gasteiger partial charge in [0.15, 0.2) is 4.84 Å². The van der Waals surface area contributed by atoms with Crippen molar-refractivity contribution in [3.05, 3.63) is 29.8 Å². The van der Waals surface area contributed by atoms with E-state index in [0.29, 0.717) is 10.5 Å². The van der Waals surface area contributed by atoms with Gasteiger partial charge >= 0.3 is 0 Å². The Balaban J connectivity index is 2.90. The van der Waals surface area contributed by atoms with E-state index in [1.807, 2.05) is 0 Å². The summed E-state index contributed by atoms with van der Waals surface area (Å²) in [5.41, 5.74) is 0.311. The Kier molecular flexibility index (Phi) is 6.40. The number of rotatable bonds is 6. The Bertz CT molecular complexity index is 593. The van der Waals surface area contributed by atoms with Crippen LogP contribution in [0.15, 0.2) is 29.2 Å². The second-order valence-electron chi connectivity index (χ2n) is 4.43. The minimum atomic E-state index is -2.86. The smallest absolute Gasteiger partial charge is 0.253 e. The number of carbonyl (C=O) groups excluding carboxylic acids is 1. The second-order valence-corrected chi connectivity index (χ2v) is 7.68. The van der Waals surface area contributed by atoms with Gasteiger partial charge in [-0.05, 0) is 17.7 Å². The number of alkyl halides is 3. The minimum Gasteiger partial charge on any atom is -0.386 e. The molecule has 0 saturated carbocycles. The summed E-state index contributed by atoms with van der Waals surface area (Å²) in [5.74, 6) is -0.806. The Hall–Kier alpha value is -0.890. The molecule has 9 heteroatoms. The van der Waals surface area contributed by atoms with Crippen molar-refractivity contribution in [2.75, 3.05) is 12.9 Å². The Morgan fingerprint density at radius 2 is 1.95 bits per heavy atom. The van der Waals surface area contributed by atoms with Gasteiger partial charge in [-0.25, -0.2) is 13.4 Å². The Labute approximate surface area is 132 Å². The molecule has 0 radical (unpaired) electrons. The fourth-order valence-corrected chi connectivity index (χ4v) is 2.39. The highest BCUT2D eigenvalue weighted by atomic mass is 35.5. The monoisotopic (exact) mass is 356 g/mol. The molecule has 0 heterocycles. The molecule has 0 aliphatic carbocycles. The van der Waals surface area contributed by atoms with E-state index in [0.717, 1.165) is 0 Å². The highest BCUT2D eigenvalue weighted by Gasteiger charge is 2.25. The van der Waals surface area contributed by atoms with Gasteiger partial charge in [-0.2, -0.15) is 0 Å². The van der Waals surface area contributed by atoms with E-state index in [1.165, 1.54) is 30.5 Å². The van der Waals surface area contributed by atoms with Crippen molar-refractivity contribution in [2.24, 2.45) is 0 Å². The van der Waals surface area contributed by atoms with Crippen molar-refractivity contribution in [2.45, 2.75) is 21.9 Å². The van der Waals surface area contributed by atoms with Gasteiger partial charge in [0.2, 0.25) is 0 Å². The lowest BCUT2D eigenvalue weighted by Crippen LogP contribution is -2.43. The molecule has 3 atom stereocenters. The number of aliphatic hydroxyl groups excluding tert-OH is 1. The molecule has 3 N–H and O–H groups in total. The molecule has 0 bridgehead atoms. The van der Waals surface area contributed by atoms with Crippen molar-refractivity contribution in [3.63, 3.8) is 0 Å². The maximum atomic E-state index is 12.9. The molecule has 1 amide bonds.